The molecule has 2 amide bonds. The van der Waals surface area contributed by atoms with Crippen molar-refractivity contribution in [3.63, 3.8) is 0 Å². The van der Waals surface area contributed by atoms with Crippen molar-refractivity contribution >= 4 is 12.0 Å². The van der Waals surface area contributed by atoms with Gasteiger partial charge in [0.15, 0.2) is 0 Å². The van der Waals surface area contributed by atoms with Crippen molar-refractivity contribution in [1.29, 1.82) is 0 Å². The third kappa shape index (κ3) is 6.70. The summed E-state index contributed by atoms with van der Waals surface area (Å²) in [4.78, 5) is 30.3. The molecule has 0 aromatic heterocycles. The topological polar surface area (TPSA) is 53.1 Å². The van der Waals surface area contributed by atoms with E-state index in [0.29, 0.717) is 25.3 Å². The van der Waals surface area contributed by atoms with Gasteiger partial charge in [0.25, 0.3) is 5.91 Å². The highest BCUT2D eigenvalue weighted by Gasteiger charge is 2.32. The molecule has 4 rings (SSSR count). The molecule has 1 atom stereocenters. The van der Waals surface area contributed by atoms with Crippen molar-refractivity contribution in [2.45, 2.75) is 26.5 Å². The van der Waals surface area contributed by atoms with Crippen molar-refractivity contribution in [3.8, 4) is 11.1 Å². The number of amides is 2. The summed E-state index contributed by atoms with van der Waals surface area (Å²) in [5.74, 6) is -0.351. The van der Waals surface area contributed by atoms with Crippen LogP contribution in [-0.4, -0.2) is 61.1 Å². The molecule has 1 fully saturated rings. The first-order chi connectivity index (χ1) is 17.3. The zero-order valence-corrected chi connectivity index (χ0v) is 21.6. The largest absolute Gasteiger partial charge is 0.439 e. The first-order valence-corrected chi connectivity index (χ1v) is 12.1. The van der Waals surface area contributed by atoms with E-state index in [-0.39, 0.29) is 17.8 Å². The molecule has 0 N–H and O–H groups in total. The van der Waals surface area contributed by atoms with Crippen LogP contribution in [0.4, 0.5) is 9.18 Å². The molecule has 3 aromatic rings. The molecular weight excluding hydrogens is 457 g/mol. The van der Waals surface area contributed by atoms with Crippen LogP contribution in [0.3, 0.4) is 0 Å². The van der Waals surface area contributed by atoms with Crippen molar-refractivity contribution in [2.75, 3.05) is 34.4 Å². The van der Waals surface area contributed by atoms with Crippen LogP contribution >= 0.6 is 0 Å². The quantitative estimate of drug-likeness (QED) is 0.392. The third-order valence-corrected chi connectivity index (χ3v) is 5.74. The average molecular weight is 492 g/mol. The van der Waals surface area contributed by atoms with Gasteiger partial charge in [0.1, 0.15) is 11.9 Å². The molecule has 36 heavy (non-hydrogen) atoms. The van der Waals surface area contributed by atoms with Gasteiger partial charge >= 0.3 is 6.09 Å². The number of carbonyl (C=O) groups is 2. The van der Waals surface area contributed by atoms with Crippen LogP contribution in [0, 0.1) is 5.82 Å². The molecule has 1 aliphatic rings. The number of benzene rings is 3. The summed E-state index contributed by atoms with van der Waals surface area (Å²) >= 11 is 0. The van der Waals surface area contributed by atoms with Gasteiger partial charge in [-0.25, -0.2) is 9.18 Å². The second-order valence-corrected chi connectivity index (χ2v) is 8.81. The van der Waals surface area contributed by atoms with E-state index in [9.17, 15) is 14.0 Å². The number of ether oxygens (including phenoxy) is 1. The molecule has 1 saturated heterocycles. The van der Waals surface area contributed by atoms with Gasteiger partial charge in [-0.1, -0.05) is 62.4 Å². The highest BCUT2D eigenvalue weighted by Crippen LogP contribution is 2.28. The lowest BCUT2D eigenvalue weighted by Crippen LogP contribution is -2.35. The predicted molar refractivity (Wildman–Crippen MR) is 140 cm³/mol. The number of hydrogen-bond donors (Lipinski definition) is 0. The molecule has 1 aliphatic heterocycles. The van der Waals surface area contributed by atoms with E-state index in [1.54, 1.807) is 29.0 Å². The van der Waals surface area contributed by atoms with E-state index in [0.717, 1.165) is 22.3 Å². The molecule has 6 nitrogen and oxygen atoms in total. The van der Waals surface area contributed by atoms with Crippen LogP contribution in [0.15, 0.2) is 72.8 Å². The Hall–Kier alpha value is -3.71. The van der Waals surface area contributed by atoms with Crippen molar-refractivity contribution in [1.82, 2.24) is 14.7 Å². The van der Waals surface area contributed by atoms with Gasteiger partial charge in [-0.3, -0.25) is 14.6 Å². The Morgan fingerprint density at radius 2 is 1.64 bits per heavy atom. The van der Waals surface area contributed by atoms with Gasteiger partial charge in [-0.15, -0.1) is 0 Å². The van der Waals surface area contributed by atoms with E-state index in [2.05, 4.69) is 0 Å². The second kappa shape index (κ2) is 12.3. The maximum absolute atomic E-state index is 13.2. The van der Waals surface area contributed by atoms with Crippen LogP contribution in [0.2, 0.25) is 0 Å². The first-order valence-electron chi connectivity index (χ1n) is 12.1. The molecule has 0 spiro atoms. The summed E-state index contributed by atoms with van der Waals surface area (Å²) in [6.45, 7) is 5.38. The smallest absolute Gasteiger partial charge is 0.410 e. The number of hydrogen-bond acceptors (Lipinski definition) is 4. The molecule has 1 unspecified atom stereocenters. The fraction of sp³-hybridized carbons (Fsp3) is 0.310. The second-order valence-electron chi connectivity index (χ2n) is 8.81. The number of rotatable bonds is 7. The lowest BCUT2D eigenvalue weighted by Gasteiger charge is -2.21. The van der Waals surface area contributed by atoms with Crippen molar-refractivity contribution in [3.05, 3.63) is 95.3 Å². The van der Waals surface area contributed by atoms with Gasteiger partial charge < -0.3 is 9.64 Å². The summed E-state index contributed by atoms with van der Waals surface area (Å²) in [6, 6.07) is 21.5. The average Bonchev–Trinajstić information content (AvgIpc) is 3.25. The lowest BCUT2D eigenvalue weighted by atomic mass is 10.0. The molecule has 0 aliphatic carbocycles. The number of carbonyl (C=O) groups excluding carboxylic acids is 2. The standard InChI is InChI=1S/C27H28FN3O3.C2H6/c1-29(2)18-30(3)26(32)23-6-4-5-22(15-23)20-9-7-19(8-10-20)16-31-17-25(34-27(31)33)21-11-13-24(28)14-12-21;1-2/h4-15,25H,16-18H2,1-3H3;1-2H3. The molecule has 1 heterocycles. The highest BCUT2D eigenvalue weighted by atomic mass is 19.1. The van der Waals surface area contributed by atoms with Gasteiger partial charge in [0, 0.05) is 19.2 Å². The zero-order chi connectivity index (χ0) is 26.2. The first kappa shape index (κ1) is 26.9. The molecule has 3 aromatic carbocycles. The fourth-order valence-corrected chi connectivity index (χ4v) is 4.05. The fourth-order valence-electron chi connectivity index (χ4n) is 4.05. The Bertz CT molecular complexity index is 1160. The molecule has 0 saturated carbocycles. The van der Waals surface area contributed by atoms with Gasteiger partial charge in [-0.2, -0.15) is 0 Å². The minimum absolute atomic E-state index is 0.0320. The Balaban J connectivity index is 0.00000176. The Kier molecular flexibility index (Phi) is 9.19. The number of halogens is 1. The highest BCUT2D eigenvalue weighted by molar-refractivity contribution is 5.95. The van der Waals surface area contributed by atoms with E-state index in [1.807, 2.05) is 81.4 Å². The summed E-state index contributed by atoms with van der Waals surface area (Å²) in [5.41, 5.74) is 4.32. The van der Waals surface area contributed by atoms with Crippen LogP contribution in [0.25, 0.3) is 11.1 Å². The Morgan fingerprint density at radius 3 is 2.28 bits per heavy atom. The van der Waals surface area contributed by atoms with Crippen LogP contribution in [0.1, 0.15) is 41.4 Å². The summed E-state index contributed by atoms with van der Waals surface area (Å²) in [6.07, 6.45) is -0.787. The third-order valence-electron chi connectivity index (χ3n) is 5.74. The Labute approximate surface area is 212 Å². The summed E-state index contributed by atoms with van der Waals surface area (Å²) < 4.78 is 18.6. The summed E-state index contributed by atoms with van der Waals surface area (Å²) in [5, 5.41) is 0. The van der Waals surface area contributed by atoms with Gasteiger partial charge in [0.05, 0.1) is 13.2 Å². The lowest BCUT2D eigenvalue weighted by molar-refractivity contribution is 0.0729. The SMILES string of the molecule is CC.CN(C)CN(C)C(=O)c1cccc(-c2ccc(CN3CC(c4ccc(F)cc4)OC3=O)cc2)c1. The van der Waals surface area contributed by atoms with E-state index < -0.39 is 6.10 Å². The maximum atomic E-state index is 13.2. The van der Waals surface area contributed by atoms with Gasteiger partial charge in [-0.05, 0) is 60.6 Å². The van der Waals surface area contributed by atoms with Crippen molar-refractivity contribution in [2.24, 2.45) is 0 Å². The molecule has 7 heteroatoms. The Morgan fingerprint density at radius 1 is 0.972 bits per heavy atom. The maximum Gasteiger partial charge on any atom is 0.410 e. The molecular formula is C29H34FN3O3. The molecule has 0 bridgehead atoms. The van der Waals surface area contributed by atoms with E-state index >= 15 is 0 Å². The monoisotopic (exact) mass is 491 g/mol. The van der Waals surface area contributed by atoms with E-state index in [1.165, 1.54) is 12.1 Å². The van der Waals surface area contributed by atoms with Crippen LogP contribution < -0.4 is 0 Å². The van der Waals surface area contributed by atoms with Crippen molar-refractivity contribution < 1.29 is 18.7 Å². The number of nitrogens with zero attached hydrogens (tertiary/aromatic N) is 3. The van der Waals surface area contributed by atoms with Gasteiger partial charge in [0.2, 0.25) is 0 Å². The molecule has 190 valence electrons. The predicted octanol–water partition coefficient (Wildman–Crippen LogP) is 5.80. The normalized spacial score (nSPS) is 14.8. The summed E-state index contributed by atoms with van der Waals surface area (Å²) in [7, 11) is 5.63. The number of cyclic esters (lactones) is 1. The van der Waals surface area contributed by atoms with Crippen LogP contribution in [0.5, 0.6) is 0 Å². The molecule has 0 radical (unpaired) electrons. The zero-order valence-electron chi connectivity index (χ0n) is 21.6. The minimum Gasteiger partial charge on any atom is -0.439 e. The van der Waals surface area contributed by atoms with E-state index in [4.69, 9.17) is 4.74 Å². The van der Waals surface area contributed by atoms with Crippen LogP contribution in [-0.2, 0) is 11.3 Å². The minimum atomic E-state index is -0.404.